The molecule has 0 rings (SSSR count). The van der Waals surface area contributed by atoms with Gasteiger partial charge in [-0.3, -0.25) is 4.79 Å². The van der Waals surface area contributed by atoms with E-state index in [9.17, 15) is 4.79 Å². The van der Waals surface area contributed by atoms with Crippen LogP contribution in [0.2, 0.25) is 0 Å². The van der Waals surface area contributed by atoms with Crippen molar-refractivity contribution in [1.29, 1.82) is 0 Å². The highest BCUT2D eigenvalue weighted by Crippen LogP contribution is 2.07. The van der Waals surface area contributed by atoms with Crippen molar-refractivity contribution in [1.82, 2.24) is 5.32 Å². The van der Waals surface area contributed by atoms with Gasteiger partial charge in [-0.05, 0) is 19.8 Å². The van der Waals surface area contributed by atoms with E-state index in [0.29, 0.717) is 5.57 Å². The fourth-order valence-electron chi connectivity index (χ4n) is 0.887. The van der Waals surface area contributed by atoms with Crippen LogP contribution in [0.3, 0.4) is 0 Å². The molecule has 0 aromatic carbocycles. The van der Waals surface area contributed by atoms with Crippen LogP contribution in [0, 0.1) is 5.92 Å². The molecule has 0 spiro atoms. The maximum absolute atomic E-state index is 11.4. The van der Waals surface area contributed by atoms with Gasteiger partial charge in [0.05, 0.1) is 5.57 Å². The number of carbonyl (C=O) groups excluding carboxylic acids is 1. The second-order valence-corrected chi connectivity index (χ2v) is 3.37. The Morgan fingerprint density at radius 2 is 1.83 bits per heavy atom. The highest BCUT2D eigenvalue weighted by Gasteiger charge is 2.12. The van der Waals surface area contributed by atoms with Crippen molar-refractivity contribution >= 4 is 5.91 Å². The summed E-state index contributed by atoms with van der Waals surface area (Å²) in [5.74, 6) is 0.122. The van der Waals surface area contributed by atoms with Gasteiger partial charge in [0.25, 0.3) is 5.91 Å². The molecular weight excluding hydrogens is 150 g/mol. The first kappa shape index (κ1) is 11.0. The molecular formula is C10H17NO. The average Bonchev–Trinajstić information content (AvgIpc) is 1.85. The molecule has 0 heterocycles. The molecule has 0 unspecified atom stereocenters. The molecule has 0 radical (unpaired) electrons. The molecule has 0 aromatic rings. The second kappa shape index (κ2) is 4.78. The lowest BCUT2D eigenvalue weighted by Crippen LogP contribution is -2.32. The summed E-state index contributed by atoms with van der Waals surface area (Å²) in [6.07, 6.45) is 0. The normalized spacial score (nSPS) is 9.83. The lowest BCUT2D eigenvalue weighted by atomic mass is 10.0. The molecule has 0 saturated carbocycles. The van der Waals surface area contributed by atoms with Crippen LogP contribution < -0.4 is 5.32 Å². The highest BCUT2D eigenvalue weighted by atomic mass is 16.1. The number of nitrogens with one attached hydrogen (secondary N) is 1. The number of carbonyl (C=O) groups is 1. The molecule has 0 fully saturated rings. The minimum Gasteiger partial charge on any atom is -0.350 e. The monoisotopic (exact) mass is 167 g/mol. The van der Waals surface area contributed by atoms with Crippen LogP contribution in [-0.2, 0) is 4.79 Å². The van der Waals surface area contributed by atoms with Gasteiger partial charge in [0.2, 0.25) is 0 Å². The van der Waals surface area contributed by atoms with Crippen LogP contribution in [0.15, 0.2) is 17.9 Å². The number of hydrogen-bond acceptors (Lipinski definition) is 1. The molecule has 1 amide bonds. The third kappa shape index (κ3) is 3.40. The van der Waals surface area contributed by atoms with Crippen LogP contribution in [0.5, 0.6) is 0 Å². The summed E-state index contributed by atoms with van der Waals surface area (Å²) in [6.45, 7) is 11.3. The molecule has 0 aromatic heterocycles. The van der Waals surface area contributed by atoms with Crippen molar-refractivity contribution < 1.29 is 4.79 Å². The van der Waals surface area contributed by atoms with Crippen LogP contribution in [0.25, 0.3) is 0 Å². The van der Waals surface area contributed by atoms with Crippen molar-refractivity contribution in [3.63, 3.8) is 0 Å². The van der Waals surface area contributed by atoms with E-state index < -0.39 is 0 Å². The molecule has 0 aliphatic carbocycles. The van der Waals surface area contributed by atoms with Crippen molar-refractivity contribution in [2.75, 3.05) is 0 Å². The first-order valence-corrected chi connectivity index (χ1v) is 4.19. The zero-order chi connectivity index (χ0) is 9.72. The Hall–Kier alpha value is -1.01. The van der Waals surface area contributed by atoms with Gasteiger partial charge in [-0.15, -0.1) is 5.73 Å². The average molecular weight is 167 g/mol. The summed E-state index contributed by atoms with van der Waals surface area (Å²) in [5, 5.41) is 2.80. The van der Waals surface area contributed by atoms with Gasteiger partial charge in [-0.2, -0.15) is 0 Å². The summed E-state index contributed by atoms with van der Waals surface area (Å²) in [4.78, 5) is 11.4. The Morgan fingerprint density at radius 1 is 1.33 bits per heavy atom. The summed E-state index contributed by atoms with van der Waals surface area (Å²) < 4.78 is 0. The minimum atomic E-state index is -0.0602. The van der Waals surface area contributed by atoms with Crippen LogP contribution in [-0.4, -0.2) is 11.9 Å². The maximum Gasteiger partial charge on any atom is 0.255 e. The molecule has 2 nitrogen and oxygen atoms in total. The predicted molar refractivity (Wildman–Crippen MR) is 50.8 cm³/mol. The van der Waals surface area contributed by atoms with E-state index in [1.807, 2.05) is 27.7 Å². The van der Waals surface area contributed by atoms with Gasteiger partial charge in [0, 0.05) is 6.04 Å². The Kier molecular flexibility index (Phi) is 4.38. The van der Waals surface area contributed by atoms with Gasteiger partial charge in [0.15, 0.2) is 0 Å². The fourth-order valence-corrected chi connectivity index (χ4v) is 0.887. The number of hydrogen-bond donors (Lipinski definition) is 1. The Balaban J connectivity index is 4.36. The molecule has 0 aliphatic heterocycles. The van der Waals surface area contributed by atoms with Crippen LogP contribution in [0.1, 0.15) is 27.7 Å². The van der Waals surface area contributed by atoms with Crippen molar-refractivity contribution in [2.45, 2.75) is 33.7 Å². The van der Waals surface area contributed by atoms with Crippen LogP contribution >= 0.6 is 0 Å². The summed E-state index contributed by atoms with van der Waals surface area (Å²) in [6, 6.07) is 0.166. The highest BCUT2D eigenvalue weighted by molar-refractivity contribution is 5.93. The topological polar surface area (TPSA) is 29.1 Å². The van der Waals surface area contributed by atoms with E-state index in [1.54, 1.807) is 0 Å². The van der Waals surface area contributed by atoms with Crippen LogP contribution in [0.4, 0.5) is 0 Å². The SMILES string of the molecule is C=C=C(C(=O)NC(C)C)C(C)C. The molecule has 2 heteroatoms. The van der Waals surface area contributed by atoms with E-state index in [1.165, 1.54) is 0 Å². The number of rotatable bonds is 3. The number of amides is 1. The van der Waals surface area contributed by atoms with E-state index in [-0.39, 0.29) is 17.9 Å². The lowest BCUT2D eigenvalue weighted by Gasteiger charge is -2.11. The third-order valence-corrected chi connectivity index (χ3v) is 1.43. The van der Waals surface area contributed by atoms with Crippen molar-refractivity contribution in [2.24, 2.45) is 5.92 Å². The van der Waals surface area contributed by atoms with Crippen molar-refractivity contribution in [3.05, 3.63) is 17.9 Å². The predicted octanol–water partition coefficient (Wildman–Crippen LogP) is 1.88. The quantitative estimate of drug-likeness (QED) is 0.504. The van der Waals surface area contributed by atoms with Gasteiger partial charge in [-0.1, -0.05) is 20.4 Å². The Morgan fingerprint density at radius 3 is 2.08 bits per heavy atom. The molecule has 0 saturated heterocycles. The van der Waals surface area contributed by atoms with E-state index >= 15 is 0 Å². The van der Waals surface area contributed by atoms with Gasteiger partial charge in [-0.25, -0.2) is 0 Å². The molecule has 12 heavy (non-hydrogen) atoms. The molecule has 0 atom stereocenters. The second-order valence-electron chi connectivity index (χ2n) is 3.37. The van der Waals surface area contributed by atoms with E-state index in [4.69, 9.17) is 0 Å². The molecule has 0 bridgehead atoms. The maximum atomic E-state index is 11.4. The first-order chi connectivity index (χ1) is 5.49. The Labute approximate surface area is 74.4 Å². The lowest BCUT2D eigenvalue weighted by molar-refractivity contribution is -0.118. The third-order valence-electron chi connectivity index (χ3n) is 1.43. The van der Waals surface area contributed by atoms with Gasteiger partial charge in [0.1, 0.15) is 0 Å². The largest absolute Gasteiger partial charge is 0.350 e. The minimum absolute atomic E-state index is 0.0602. The van der Waals surface area contributed by atoms with E-state index in [2.05, 4.69) is 17.6 Å². The van der Waals surface area contributed by atoms with Gasteiger partial charge >= 0.3 is 0 Å². The summed E-state index contributed by atoms with van der Waals surface area (Å²) in [5.41, 5.74) is 3.29. The standard InChI is InChI=1S/C10H17NO/c1-6-9(7(2)3)10(12)11-8(4)5/h7-8H,1H2,2-5H3,(H,11,12). The molecule has 1 N–H and O–H groups in total. The summed E-state index contributed by atoms with van der Waals surface area (Å²) in [7, 11) is 0. The first-order valence-electron chi connectivity index (χ1n) is 4.19. The summed E-state index contributed by atoms with van der Waals surface area (Å²) >= 11 is 0. The zero-order valence-corrected chi connectivity index (χ0v) is 8.27. The fraction of sp³-hybridized carbons (Fsp3) is 0.600. The van der Waals surface area contributed by atoms with Crippen molar-refractivity contribution in [3.8, 4) is 0 Å². The molecule has 0 aliphatic rings. The Bertz CT molecular complexity index is 210. The molecule has 68 valence electrons. The van der Waals surface area contributed by atoms with E-state index in [0.717, 1.165) is 0 Å². The van der Waals surface area contributed by atoms with Gasteiger partial charge < -0.3 is 5.32 Å². The zero-order valence-electron chi connectivity index (χ0n) is 8.27. The smallest absolute Gasteiger partial charge is 0.255 e.